The Morgan fingerprint density at radius 2 is 2.45 bits per heavy atom. The lowest BCUT2D eigenvalue weighted by Gasteiger charge is -2.17. The van der Waals surface area contributed by atoms with Crippen molar-refractivity contribution in [2.24, 2.45) is 17.6 Å². The highest BCUT2D eigenvalue weighted by Crippen LogP contribution is 2.44. The number of fused-ring (bicyclic) bond motifs is 1. The van der Waals surface area contributed by atoms with Crippen molar-refractivity contribution in [3.63, 3.8) is 0 Å². The number of piperidine rings is 1. The molecule has 3 atom stereocenters. The molecule has 1 aliphatic carbocycles. The summed E-state index contributed by atoms with van der Waals surface area (Å²) in [5.41, 5.74) is 5.61. The summed E-state index contributed by atoms with van der Waals surface area (Å²) in [4.78, 5) is 13.0. The van der Waals surface area contributed by atoms with E-state index in [2.05, 4.69) is 0 Å². The Balaban J connectivity index is 1.96. The van der Waals surface area contributed by atoms with Gasteiger partial charge in [0.2, 0.25) is 5.91 Å². The number of aliphatic hydroxyl groups excluding tert-OH is 1. The van der Waals surface area contributed by atoms with Gasteiger partial charge in [0.15, 0.2) is 0 Å². The van der Waals surface area contributed by atoms with Gasteiger partial charge in [0, 0.05) is 25.0 Å². The van der Waals surface area contributed by atoms with E-state index >= 15 is 0 Å². The lowest BCUT2D eigenvalue weighted by atomic mass is 10.4. The Morgan fingerprint density at radius 3 is 2.91 bits per heavy atom. The third-order valence-corrected chi connectivity index (χ3v) is 2.63. The van der Waals surface area contributed by atoms with Gasteiger partial charge in [-0.3, -0.25) is 4.79 Å². The molecule has 2 aliphatic rings. The first-order valence-electron chi connectivity index (χ1n) is 3.91. The Labute approximate surface area is 65.0 Å². The standard InChI is InChI=1S/C7H12N2O2/c8-6-4-3-9(1-2-10)7(11)5(4)6/h4-6,10H,1-3,8H2. The van der Waals surface area contributed by atoms with E-state index in [9.17, 15) is 4.79 Å². The predicted molar refractivity (Wildman–Crippen MR) is 38.6 cm³/mol. The average molecular weight is 156 g/mol. The van der Waals surface area contributed by atoms with Crippen molar-refractivity contribution >= 4 is 5.91 Å². The first kappa shape index (κ1) is 7.06. The van der Waals surface area contributed by atoms with Crippen LogP contribution >= 0.6 is 0 Å². The van der Waals surface area contributed by atoms with E-state index in [0.717, 1.165) is 6.54 Å². The summed E-state index contributed by atoms with van der Waals surface area (Å²) in [6.45, 7) is 1.28. The van der Waals surface area contributed by atoms with Gasteiger partial charge < -0.3 is 15.7 Å². The second-order valence-corrected chi connectivity index (χ2v) is 3.27. The Morgan fingerprint density at radius 1 is 1.73 bits per heavy atom. The first-order chi connectivity index (χ1) is 5.25. The number of carbonyl (C=O) groups is 1. The zero-order chi connectivity index (χ0) is 8.01. The summed E-state index contributed by atoms with van der Waals surface area (Å²) in [5.74, 6) is 0.604. The summed E-state index contributed by atoms with van der Waals surface area (Å²) < 4.78 is 0. The van der Waals surface area contributed by atoms with Crippen molar-refractivity contribution in [3.8, 4) is 0 Å². The topological polar surface area (TPSA) is 66.6 Å². The Bertz CT molecular complexity index is 195. The van der Waals surface area contributed by atoms with E-state index in [4.69, 9.17) is 10.8 Å². The minimum absolute atomic E-state index is 0.0560. The van der Waals surface area contributed by atoms with Crippen LogP contribution in [0.2, 0.25) is 0 Å². The second-order valence-electron chi connectivity index (χ2n) is 3.27. The van der Waals surface area contributed by atoms with Gasteiger partial charge in [-0.05, 0) is 0 Å². The fourth-order valence-electron chi connectivity index (χ4n) is 1.86. The zero-order valence-electron chi connectivity index (χ0n) is 6.23. The molecule has 0 spiro atoms. The van der Waals surface area contributed by atoms with Crippen LogP contribution in [0.15, 0.2) is 0 Å². The van der Waals surface area contributed by atoms with Gasteiger partial charge >= 0.3 is 0 Å². The number of likely N-dealkylation sites (tertiary alicyclic amines) is 1. The summed E-state index contributed by atoms with van der Waals surface area (Å²) >= 11 is 0. The Kier molecular flexibility index (Phi) is 1.40. The van der Waals surface area contributed by atoms with Crippen LogP contribution in [0, 0.1) is 11.8 Å². The van der Waals surface area contributed by atoms with Gasteiger partial charge in [-0.25, -0.2) is 0 Å². The largest absolute Gasteiger partial charge is 0.395 e. The fraction of sp³-hybridized carbons (Fsp3) is 0.857. The van der Waals surface area contributed by atoms with Crippen LogP contribution in [0.25, 0.3) is 0 Å². The minimum atomic E-state index is 0.0560. The maximum Gasteiger partial charge on any atom is 0.227 e. The smallest absolute Gasteiger partial charge is 0.227 e. The SMILES string of the molecule is NC1C2CN(CCO)C(=O)C12. The molecule has 1 aliphatic heterocycles. The first-order valence-corrected chi connectivity index (χ1v) is 3.91. The molecular weight excluding hydrogens is 144 g/mol. The molecule has 0 bridgehead atoms. The van der Waals surface area contributed by atoms with Gasteiger partial charge in [-0.15, -0.1) is 0 Å². The third kappa shape index (κ3) is 0.862. The van der Waals surface area contributed by atoms with Crippen molar-refractivity contribution in [2.75, 3.05) is 19.7 Å². The zero-order valence-corrected chi connectivity index (χ0v) is 6.23. The van der Waals surface area contributed by atoms with E-state index in [1.807, 2.05) is 0 Å². The lowest BCUT2D eigenvalue weighted by Crippen LogP contribution is -2.35. The Hall–Kier alpha value is -0.610. The molecule has 0 aromatic rings. The van der Waals surface area contributed by atoms with Crippen LogP contribution in [0.3, 0.4) is 0 Å². The molecule has 0 aromatic carbocycles. The van der Waals surface area contributed by atoms with E-state index in [1.54, 1.807) is 4.90 Å². The van der Waals surface area contributed by atoms with Crippen molar-refractivity contribution in [1.82, 2.24) is 4.90 Å². The monoisotopic (exact) mass is 156 g/mol. The van der Waals surface area contributed by atoms with E-state index in [1.165, 1.54) is 0 Å². The molecule has 2 fully saturated rings. The van der Waals surface area contributed by atoms with Crippen LogP contribution in [0.4, 0.5) is 0 Å². The third-order valence-electron chi connectivity index (χ3n) is 2.63. The number of carbonyl (C=O) groups excluding carboxylic acids is 1. The molecule has 0 radical (unpaired) electrons. The highest BCUT2D eigenvalue weighted by molar-refractivity contribution is 5.86. The molecule has 0 aromatic heterocycles. The van der Waals surface area contributed by atoms with Gasteiger partial charge in [0.05, 0.1) is 12.5 Å². The highest BCUT2D eigenvalue weighted by Gasteiger charge is 2.59. The van der Waals surface area contributed by atoms with Crippen molar-refractivity contribution in [1.29, 1.82) is 0 Å². The number of nitrogens with two attached hydrogens (primary N) is 1. The normalized spacial score (nSPS) is 41.1. The molecule has 3 unspecified atom stereocenters. The number of nitrogens with zero attached hydrogens (tertiary/aromatic N) is 1. The van der Waals surface area contributed by atoms with E-state index < -0.39 is 0 Å². The predicted octanol–water partition coefficient (Wildman–Crippen LogP) is -1.61. The lowest BCUT2D eigenvalue weighted by molar-refractivity contribution is -0.130. The van der Waals surface area contributed by atoms with Gasteiger partial charge in [0.25, 0.3) is 0 Å². The molecular formula is C7H12N2O2. The second kappa shape index (κ2) is 2.19. The summed E-state index contributed by atoms with van der Waals surface area (Å²) in [7, 11) is 0. The quantitative estimate of drug-likeness (QED) is 0.505. The number of rotatable bonds is 2. The molecule has 4 nitrogen and oxygen atoms in total. The maximum absolute atomic E-state index is 11.3. The minimum Gasteiger partial charge on any atom is -0.395 e. The molecule has 1 amide bonds. The molecule has 4 heteroatoms. The average Bonchev–Trinajstić information content (AvgIpc) is 2.45. The van der Waals surface area contributed by atoms with E-state index in [0.29, 0.717) is 12.5 Å². The number of hydrogen-bond acceptors (Lipinski definition) is 3. The number of aliphatic hydroxyl groups is 1. The van der Waals surface area contributed by atoms with Gasteiger partial charge in [0.1, 0.15) is 0 Å². The molecule has 1 heterocycles. The summed E-state index contributed by atoms with van der Waals surface area (Å²) in [5, 5.41) is 8.59. The highest BCUT2D eigenvalue weighted by atomic mass is 16.3. The van der Waals surface area contributed by atoms with Crippen LogP contribution in [-0.2, 0) is 4.79 Å². The number of β-amino-alcohol motifs (C(OH)–C–C–N with tert-alkyl or cyclic N) is 1. The van der Waals surface area contributed by atoms with Crippen molar-refractivity contribution in [2.45, 2.75) is 6.04 Å². The van der Waals surface area contributed by atoms with Crippen LogP contribution < -0.4 is 5.73 Å². The molecule has 3 N–H and O–H groups in total. The summed E-state index contributed by atoms with van der Waals surface area (Å²) in [6, 6.07) is 0.109. The van der Waals surface area contributed by atoms with Crippen LogP contribution in [0.5, 0.6) is 0 Å². The van der Waals surface area contributed by atoms with Crippen LogP contribution in [-0.4, -0.2) is 41.7 Å². The molecule has 1 saturated carbocycles. The molecule has 62 valence electrons. The maximum atomic E-state index is 11.3. The van der Waals surface area contributed by atoms with Crippen LogP contribution in [0.1, 0.15) is 0 Å². The van der Waals surface area contributed by atoms with Crippen molar-refractivity contribution < 1.29 is 9.90 Å². The molecule has 1 saturated heterocycles. The van der Waals surface area contributed by atoms with Gasteiger partial charge in [-0.1, -0.05) is 0 Å². The fourth-order valence-corrected chi connectivity index (χ4v) is 1.86. The molecule has 2 rings (SSSR count). The van der Waals surface area contributed by atoms with Crippen molar-refractivity contribution in [3.05, 3.63) is 0 Å². The molecule has 11 heavy (non-hydrogen) atoms. The number of amides is 1. The number of hydrogen-bond donors (Lipinski definition) is 2. The summed E-state index contributed by atoms with van der Waals surface area (Å²) in [6.07, 6.45) is 0. The van der Waals surface area contributed by atoms with Gasteiger partial charge in [-0.2, -0.15) is 0 Å². The van der Waals surface area contributed by atoms with E-state index in [-0.39, 0.29) is 24.5 Å².